The quantitative estimate of drug-likeness (QED) is 0.381. The Morgan fingerprint density at radius 3 is 2.31 bits per heavy atom. The number of carbonyl (C=O) groups excluding carboxylic acids is 1. The van der Waals surface area contributed by atoms with Gasteiger partial charge in [-0.15, -0.1) is 0 Å². The number of aromatic nitrogens is 2. The average Bonchev–Trinajstić information content (AvgIpc) is 3.04. The van der Waals surface area contributed by atoms with Crippen LogP contribution in [0.3, 0.4) is 0 Å². The number of amides is 1. The van der Waals surface area contributed by atoms with E-state index < -0.39 is 17.6 Å². The lowest BCUT2D eigenvalue weighted by Crippen LogP contribution is -2.26. The van der Waals surface area contributed by atoms with E-state index >= 15 is 0 Å². The van der Waals surface area contributed by atoms with Crippen molar-refractivity contribution in [3.05, 3.63) is 107 Å². The van der Waals surface area contributed by atoms with Crippen molar-refractivity contribution in [1.82, 2.24) is 9.97 Å². The molecule has 1 atom stereocenters. The van der Waals surface area contributed by atoms with Crippen molar-refractivity contribution < 1.29 is 13.6 Å². The van der Waals surface area contributed by atoms with Gasteiger partial charge in [-0.05, 0) is 71.1 Å². The van der Waals surface area contributed by atoms with E-state index in [1.807, 2.05) is 36.4 Å². The summed E-state index contributed by atoms with van der Waals surface area (Å²) in [5.74, 6) is -2.00. The normalized spacial score (nSPS) is 15.2. The number of halogens is 3. The van der Waals surface area contributed by atoms with Gasteiger partial charge in [-0.3, -0.25) is 4.79 Å². The smallest absolute Gasteiger partial charge is 0.241 e. The number of carbonyl (C=O) groups is 1. The predicted molar refractivity (Wildman–Crippen MR) is 119 cm³/mol. The van der Waals surface area contributed by atoms with Gasteiger partial charge in [0.2, 0.25) is 11.9 Å². The lowest BCUT2D eigenvalue weighted by molar-refractivity contribution is -0.118. The zero-order chi connectivity index (χ0) is 22.2. The lowest BCUT2D eigenvalue weighted by atomic mass is 9.91. The highest BCUT2D eigenvalue weighted by molar-refractivity contribution is 6.30. The fraction of sp³-hybridized carbons (Fsp3) is 0.0800. The van der Waals surface area contributed by atoms with Crippen LogP contribution in [0, 0.1) is 11.6 Å². The maximum atomic E-state index is 13.8. The summed E-state index contributed by atoms with van der Waals surface area (Å²) in [4.78, 5) is 23.4. The van der Waals surface area contributed by atoms with E-state index in [4.69, 9.17) is 11.6 Å². The Bertz CT molecular complexity index is 1310. The standard InChI is InChI=1S/C25H16ClF2N3O/c26-18-4-1-3-16(12-18)17-5-6-23-21(13-17)22(11-15-9-19(27)14-20(28)10-15)24(32)31(23)25-29-7-2-8-30-25/h1-10,12-14,22H,11H2. The van der Waals surface area contributed by atoms with Gasteiger partial charge in [-0.1, -0.05) is 29.8 Å². The van der Waals surface area contributed by atoms with Gasteiger partial charge in [0.1, 0.15) is 11.6 Å². The molecule has 0 bridgehead atoms. The summed E-state index contributed by atoms with van der Waals surface area (Å²) in [6.07, 6.45) is 3.26. The Hall–Kier alpha value is -3.64. The molecule has 4 nitrogen and oxygen atoms in total. The van der Waals surface area contributed by atoms with Crippen LogP contribution in [0.15, 0.2) is 79.1 Å². The highest BCUT2D eigenvalue weighted by Gasteiger charge is 2.39. The zero-order valence-electron chi connectivity index (χ0n) is 16.7. The van der Waals surface area contributed by atoms with Crippen molar-refractivity contribution in [2.75, 3.05) is 4.90 Å². The highest BCUT2D eigenvalue weighted by atomic mass is 35.5. The molecule has 2 heterocycles. The SMILES string of the molecule is O=C1C(Cc2cc(F)cc(F)c2)c2cc(-c3cccc(Cl)c3)ccc2N1c1ncccn1. The van der Waals surface area contributed by atoms with Gasteiger partial charge >= 0.3 is 0 Å². The Morgan fingerprint density at radius 2 is 1.59 bits per heavy atom. The van der Waals surface area contributed by atoms with Crippen LogP contribution in [0.4, 0.5) is 20.4 Å². The summed E-state index contributed by atoms with van der Waals surface area (Å²) in [5.41, 5.74) is 3.57. The van der Waals surface area contributed by atoms with Gasteiger partial charge in [-0.2, -0.15) is 0 Å². The fourth-order valence-electron chi connectivity index (χ4n) is 4.07. The van der Waals surface area contributed by atoms with Crippen molar-refractivity contribution in [3.63, 3.8) is 0 Å². The number of hydrogen-bond donors (Lipinski definition) is 0. The third-order valence-corrected chi connectivity index (χ3v) is 5.67. The van der Waals surface area contributed by atoms with Crippen LogP contribution in [0.1, 0.15) is 17.0 Å². The van der Waals surface area contributed by atoms with Crippen LogP contribution in [0.2, 0.25) is 5.02 Å². The van der Waals surface area contributed by atoms with E-state index in [9.17, 15) is 13.6 Å². The molecular formula is C25H16ClF2N3O. The first-order valence-corrected chi connectivity index (χ1v) is 10.3. The Morgan fingerprint density at radius 1 is 0.875 bits per heavy atom. The molecule has 0 aliphatic carbocycles. The minimum Gasteiger partial charge on any atom is -0.273 e. The highest BCUT2D eigenvalue weighted by Crippen LogP contribution is 2.44. The van der Waals surface area contributed by atoms with Crippen LogP contribution in [-0.2, 0) is 11.2 Å². The molecule has 0 N–H and O–H groups in total. The molecule has 3 aromatic carbocycles. The molecular weight excluding hydrogens is 432 g/mol. The summed E-state index contributed by atoms with van der Waals surface area (Å²) in [6.45, 7) is 0. The monoisotopic (exact) mass is 447 g/mol. The van der Waals surface area contributed by atoms with E-state index in [1.54, 1.807) is 24.5 Å². The van der Waals surface area contributed by atoms with Crippen molar-refractivity contribution >= 4 is 29.1 Å². The number of benzene rings is 3. The van der Waals surface area contributed by atoms with Gasteiger partial charge in [0.15, 0.2) is 0 Å². The van der Waals surface area contributed by atoms with E-state index in [1.165, 1.54) is 17.0 Å². The second kappa shape index (κ2) is 8.13. The summed E-state index contributed by atoms with van der Waals surface area (Å²) in [6, 6.07) is 18.1. The van der Waals surface area contributed by atoms with Crippen LogP contribution in [0.25, 0.3) is 11.1 Å². The molecule has 1 unspecified atom stereocenters. The molecule has 0 saturated carbocycles. The molecule has 1 aromatic heterocycles. The number of nitrogens with zero attached hydrogens (tertiary/aromatic N) is 3. The van der Waals surface area contributed by atoms with Crippen LogP contribution < -0.4 is 4.90 Å². The Balaban J connectivity index is 1.62. The first kappa shape index (κ1) is 20.3. The molecule has 158 valence electrons. The van der Waals surface area contributed by atoms with E-state index in [0.29, 0.717) is 16.3 Å². The maximum absolute atomic E-state index is 13.8. The summed E-state index contributed by atoms with van der Waals surface area (Å²) in [7, 11) is 0. The van der Waals surface area contributed by atoms with E-state index in [0.717, 1.165) is 22.8 Å². The van der Waals surface area contributed by atoms with Crippen molar-refractivity contribution in [1.29, 1.82) is 0 Å². The van der Waals surface area contributed by atoms with Crippen LogP contribution in [-0.4, -0.2) is 15.9 Å². The van der Waals surface area contributed by atoms with Crippen LogP contribution in [0.5, 0.6) is 0 Å². The topological polar surface area (TPSA) is 46.1 Å². The molecule has 0 spiro atoms. The summed E-state index contributed by atoms with van der Waals surface area (Å²) in [5, 5.41) is 0.602. The third-order valence-electron chi connectivity index (χ3n) is 5.43. The molecule has 4 aromatic rings. The molecule has 1 aliphatic rings. The minimum absolute atomic E-state index is 0.142. The molecule has 32 heavy (non-hydrogen) atoms. The van der Waals surface area contributed by atoms with Gasteiger partial charge in [0, 0.05) is 23.5 Å². The first-order chi connectivity index (χ1) is 15.5. The van der Waals surface area contributed by atoms with Gasteiger partial charge in [0.05, 0.1) is 11.6 Å². The van der Waals surface area contributed by atoms with Gasteiger partial charge < -0.3 is 0 Å². The van der Waals surface area contributed by atoms with E-state index in [-0.39, 0.29) is 18.3 Å². The fourth-order valence-corrected chi connectivity index (χ4v) is 4.26. The number of anilines is 2. The van der Waals surface area contributed by atoms with Crippen molar-refractivity contribution in [2.24, 2.45) is 0 Å². The van der Waals surface area contributed by atoms with Crippen molar-refractivity contribution in [3.8, 4) is 11.1 Å². The van der Waals surface area contributed by atoms with Crippen LogP contribution >= 0.6 is 11.6 Å². The number of rotatable bonds is 4. The largest absolute Gasteiger partial charge is 0.273 e. The molecule has 1 aliphatic heterocycles. The molecule has 0 saturated heterocycles. The number of hydrogen-bond acceptors (Lipinski definition) is 3. The second-order valence-electron chi connectivity index (χ2n) is 7.54. The van der Waals surface area contributed by atoms with E-state index in [2.05, 4.69) is 9.97 Å². The summed E-state index contributed by atoms with van der Waals surface area (Å²) < 4.78 is 27.6. The zero-order valence-corrected chi connectivity index (χ0v) is 17.4. The lowest BCUT2D eigenvalue weighted by Gasteiger charge is -2.15. The predicted octanol–water partition coefficient (Wildman–Crippen LogP) is 6.08. The van der Waals surface area contributed by atoms with Gasteiger partial charge in [-0.25, -0.2) is 23.6 Å². The molecule has 1 amide bonds. The Kier molecular flexibility index (Phi) is 5.15. The molecule has 7 heteroatoms. The molecule has 0 fully saturated rings. The number of fused-ring (bicyclic) bond motifs is 1. The minimum atomic E-state index is -0.679. The maximum Gasteiger partial charge on any atom is 0.241 e. The molecule has 5 rings (SSSR count). The third kappa shape index (κ3) is 3.74. The average molecular weight is 448 g/mol. The Labute approximate surface area is 188 Å². The molecule has 0 radical (unpaired) electrons. The van der Waals surface area contributed by atoms with Gasteiger partial charge in [0.25, 0.3) is 0 Å². The first-order valence-electron chi connectivity index (χ1n) is 9.95. The second-order valence-corrected chi connectivity index (χ2v) is 7.98. The van der Waals surface area contributed by atoms with Crippen molar-refractivity contribution in [2.45, 2.75) is 12.3 Å². The summed E-state index contributed by atoms with van der Waals surface area (Å²) >= 11 is 6.15.